The first-order valence-electron chi connectivity index (χ1n) is 5.18. The molecule has 1 N–H and O–H groups in total. The standard InChI is InChI=1S/C10H20N2O2/c1-12(2)10(13)8-14-7-9-4-3-5-11-6-9/h9,11H,3-8H2,1-2H3. The van der Waals surface area contributed by atoms with Gasteiger partial charge in [0, 0.05) is 20.6 Å². The second kappa shape index (κ2) is 5.98. The van der Waals surface area contributed by atoms with Gasteiger partial charge in [0.2, 0.25) is 5.91 Å². The molecule has 0 bridgehead atoms. The zero-order valence-electron chi connectivity index (χ0n) is 9.08. The third-order valence-electron chi connectivity index (χ3n) is 2.48. The quantitative estimate of drug-likeness (QED) is 0.699. The summed E-state index contributed by atoms with van der Waals surface area (Å²) in [7, 11) is 3.49. The van der Waals surface area contributed by atoms with Gasteiger partial charge in [0.25, 0.3) is 0 Å². The molecule has 0 aliphatic carbocycles. The average molecular weight is 200 g/mol. The van der Waals surface area contributed by atoms with Gasteiger partial charge in [-0.05, 0) is 25.3 Å². The predicted molar refractivity (Wildman–Crippen MR) is 55.1 cm³/mol. The maximum atomic E-state index is 11.2. The number of carbonyl (C=O) groups is 1. The van der Waals surface area contributed by atoms with Gasteiger partial charge in [0.05, 0.1) is 6.61 Å². The molecule has 1 saturated heterocycles. The summed E-state index contributed by atoms with van der Waals surface area (Å²) in [6, 6.07) is 0. The Morgan fingerprint density at radius 2 is 2.36 bits per heavy atom. The van der Waals surface area contributed by atoms with Crippen LogP contribution in [-0.4, -0.2) is 51.2 Å². The van der Waals surface area contributed by atoms with E-state index in [1.54, 1.807) is 19.0 Å². The van der Waals surface area contributed by atoms with Crippen LogP contribution in [0.2, 0.25) is 0 Å². The lowest BCUT2D eigenvalue weighted by Crippen LogP contribution is -2.33. The summed E-state index contributed by atoms with van der Waals surface area (Å²) in [4.78, 5) is 12.7. The second-order valence-corrected chi connectivity index (χ2v) is 4.02. The van der Waals surface area contributed by atoms with Crippen LogP contribution in [0.15, 0.2) is 0 Å². The largest absolute Gasteiger partial charge is 0.371 e. The lowest BCUT2D eigenvalue weighted by molar-refractivity contribution is -0.134. The Hall–Kier alpha value is -0.610. The Bertz CT molecular complexity index is 177. The van der Waals surface area contributed by atoms with Gasteiger partial charge in [0.1, 0.15) is 6.61 Å². The molecule has 0 aromatic carbocycles. The molecule has 1 amide bonds. The van der Waals surface area contributed by atoms with E-state index in [1.807, 2.05) is 0 Å². The van der Waals surface area contributed by atoms with Crippen LogP contribution in [-0.2, 0) is 9.53 Å². The predicted octanol–water partition coefficient (Wildman–Crippen LogP) is 0.0908. The van der Waals surface area contributed by atoms with Crippen LogP contribution < -0.4 is 5.32 Å². The van der Waals surface area contributed by atoms with E-state index < -0.39 is 0 Å². The van der Waals surface area contributed by atoms with Crippen LogP contribution in [0.1, 0.15) is 12.8 Å². The van der Waals surface area contributed by atoms with Crippen LogP contribution in [0.25, 0.3) is 0 Å². The molecule has 0 aromatic heterocycles. The number of hydrogen-bond donors (Lipinski definition) is 1. The third-order valence-corrected chi connectivity index (χ3v) is 2.48. The average Bonchev–Trinajstić information content (AvgIpc) is 2.19. The first kappa shape index (κ1) is 11.5. The topological polar surface area (TPSA) is 41.6 Å². The van der Waals surface area contributed by atoms with E-state index in [-0.39, 0.29) is 12.5 Å². The van der Waals surface area contributed by atoms with Crippen molar-refractivity contribution in [3.8, 4) is 0 Å². The SMILES string of the molecule is CN(C)C(=O)COCC1CCCNC1. The highest BCUT2D eigenvalue weighted by molar-refractivity contribution is 5.76. The zero-order valence-corrected chi connectivity index (χ0v) is 9.08. The molecule has 1 atom stereocenters. The molecule has 4 nitrogen and oxygen atoms in total. The van der Waals surface area contributed by atoms with Gasteiger partial charge in [-0.3, -0.25) is 4.79 Å². The van der Waals surface area contributed by atoms with E-state index in [9.17, 15) is 4.79 Å². The Kier molecular flexibility index (Phi) is 4.90. The number of rotatable bonds is 4. The second-order valence-electron chi connectivity index (χ2n) is 4.02. The summed E-state index contributed by atoms with van der Waals surface area (Å²) in [5.41, 5.74) is 0. The van der Waals surface area contributed by atoms with E-state index >= 15 is 0 Å². The highest BCUT2D eigenvalue weighted by Gasteiger charge is 2.13. The lowest BCUT2D eigenvalue weighted by atomic mass is 10.0. The number of likely N-dealkylation sites (N-methyl/N-ethyl adjacent to an activating group) is 1. The highest BCUT2D eigenvalue weighted by atomic mass is 16.5. The summed E-state index contributed by atoms with van der Waals surface area (Å²) < 4.78 is 5.36. The molecule has 4 heteroatoms. The smallest absolute Gasteiger partial charge is 0.248 e. The van der Waals surface area contributed by atoms with Crippen molar-refractivity contribution in [2.24, 2.45) is 5.92 Å². The van der Waals surface area contributed by atoms with Gasteiger partial charge >= 0.3 is 0 Å². The van der Waals surface area contributed by atoms with E-state index in [1.165, 1.54) is 12.8 Å². The summed E-state index contributed by atoms with van der Waals surface area (Å²) in [5, 5.41) is 3.32. The van der Waals surface area contributed by atoms with Crippen LogP contribution >= 0.6 is 0 Å². The first-order valence-corrected chi connectivity index (χ1v) is 5.18. The molecule has 0 aromatic rings. The number of carbonyl (C=O) groups excluding carboxylic acids is 1. The Balaban J connectivity index is 2.05. The fourth-order valence-corrected chi connectivity index (χ4v) is 1.51. The summed E-state index contributed by atoms with van der Waals surface area (Å²) in [5.74, 6) is 0.618. The van der Waals surface area contributed by atoms with Crippen molar-refractivity contribution >= 4 is 5.91 Å². The minimum absolute atomic E-state index is 0.0359. The van der Waals surface area contributed by atoms with Gasteiger partial charge in [-0.1, -0.05) is 0 Å². The van der Waals surface area contributed by atoms with Crippen molar-refractivity contribution in [1.29, 1.82) is 0 Å². The van der Waals surface area contributed by atoms with E-state index in [4.69, 9.17) is 4.74 Å². The Morgan fingerprint density at radius 3 is 2.93 bits per heavy atom. The number of nitrogens with one attached hydrogen (secondary N) is 1. The highest BCUT2D eigenvalue weighted by Crippen LogP contribution is 2.09. The lowest BCUT2D eigenvalue weighted by Gasteiger charge is -2.22. The fourth-order valence-electron chi connectivity index (χ4n) is 1.51. The van der Waals surface area contributed by atoms with E-state index in [0.717, 1.165) is 13.1 Å². The normalized spacial score (nSPS) is 22.0. The third kappa shape index (κ3) is 4.07. The van der Waals surface area contributed by atoms with Crippen LogP contribution in [0, 0.1) is 5.92 Å². The molecule has 0 saturated carbocycles. The fraction of sp³-hybridized carbons (Fsp3) is 0.900. The van der Waals surface area contributed by atoms with Gasteiger partial charge in [0.15, 0.2) is 0 Å². The molecular formula is C10H20N2O2. The number of nitrogens with zero attached hydrogens (tertiary/aromatic N) is 1. The number of amides is 1. The van der Waals surface area contributed by atoms with Crippen molar-refractivity contribution in [1.82, 2.24) is 10.2 Å². The molecule has 0 radical (unpaired) electrons. The van der Waals surface area contributed by atoms with Crippen molar-refractivity contribution in [2.45, 2.75) is 12.8 Å². The van der Waals surface area contributed by atoms with Crippen molar-refractivity contribution < 1.29 is 9.53 Å². The molecule has 1 heterocycles. The summed E-state index contributed by atoms with van der Waals surface area (Å²) in [6.45, 7) is 3.05. The number of hydrogen-bond acceptors (Lipinski definition) is 3. The molecule has 82 valence electrons. The minimum atomic E-state index is 0.0359. The monoisotopic (exact) mass is 200 g/mol. The van der Waals surface area contributed by atoms with Gasteiger partial charge in [-0.15, -0.1) is 0 Å². The van der Waals surface area contributed by atoms with Crippen molar-refractivity contribution in [2.75, 3.05) is 40.4 Å². The van der Waals surface area contributed by atoms with Crippen molar-refractivity contribution in [3.05, 3.63) is 0 Å². The zero-order chi connectivity index (χ0) is 10.4. The maximum absolute atomic E-state index is 11.2. The molecule has 14 heavy (non-hydrogen) atoms. The number of ether oxygens (including phenoxy) is 1. The van der Waals surface area contributed by atoms with E-state index in [2.05, 4.69) is 5.32 Å². The van der Waals surface area contributed by atoms with Crippen LogP contribution in [0.4, 0.5) is 0 Å². The molecule has 1 aliphatic rings. The molecule has 1 rings (SSSR count). The molecule has 1 unspecified atom stereocenters. The van der Waals surface area contributed by atoms with Gasteiger partial charge < -0.3 is 15.0 Å². The van der Waals surface area contributed by atoms with Gasteiger partial charge in [-0.25, -0.2) is 0 Å². The Morgan fingerprint density at radius 1 is 1.57 bits per heavy atom. The molecule has 1 fully saturated rings. The maximum Gasteiger partial charge on any atom is 0.248 e. The molecule has 0 spiro atoms. The van der Waals surface area contributed by atoms with Crippen LogP contribution in [0.3, 0.4) is 0 Å². The van der Waals surface area contributed by atoms with Crippen LogP contribution in [0.5, 0.6) is 0 Å². The minimum Gasteiger partial charge on any atom is -0.371 e. The summed E-state index contributed by atoms with van der Waals surface area (Å²) in [6.07, 6.45) is 2.43. The summed E-state index contributed by atoms with van der Waals surface area (Å²) >= 11 is 0. The van der Waals surface area contributed by atoms with E-state index in [0.29, 0.717) is 12.5 Å². The molecule has 1 aliphatic heterocycles. The molecular weight excluding hydrogens is 180 g/mol. The first-order chi connectivity index (χ1) is 6.70. The number of piperidine rings is 1. The van der Waals surface area contributed by atoms with Gasteiger partial charge in [-0.2, -0.15) is 0 Å². The Labute approximate surface area is 85.6 Å². The van der Waals surface area contributed by atoms with Crippen molar-refractivity contribution in [3.63, 3.8) is 0 Å².